The van der Waals surface area contributed by atoms with Gasteiger partial charge in [-0.1, -0.05) is 52.0 Å². The number of nitrogens with one attached hydrogen (secondary N) is 4. The quantitative estimate of drug-likeness (QED) is 0.114. The summed E-state index contributed by atoms with van der Waals surface area (Å²) < 4.78 is 9.54. The van der Waals surface area contributed by atoms with Crippen molar-refractivity contribution in [3.8, 4) is 22.3 Å². The minimum absolute atomic E-state index is 0.123. The summed E-state index contributed by atoms with van der Waals surface area (Å²) in [5, 5.41) is 7.52. The maximum Gasteiger partial charge on any atom is 0.407 e. The monoisotopic (exact) mass is 814 g/mol. The van der Waals surface area contributed by atoms with E-state index in [1.807, 2.05) is 52.2 Å². The zero-order valence-electron chi connectivity index (χ0n) is 34.6. The SMILES string of the molecule is COC(=O)N[C@H](C(=O)N1CCC[C@@H]1c1nc2ncc(-c3ccc4cc(-c5cnc6nc([C@@H]7CCCN7C(=O)[C@@H](NC(=O)OC)C(C)C)[nH]c6c5)ccc4c3)cc2[nH]1)C(C)C. The van der Waals surface area contributed by atoms with Gasteiger partial charge in [0.05, 0.1) is 37.3 Å². The first-order valence-corrected chi connectivity index (χ1v) is 20.5. The number of nitrogens with zero attached hydrogens (tertiary/aromatic N) is 6. The van der Waals surface area contributed by atoms with E-state index in [0.29, 0.717) is 36.0 Å². The molecule has 60 heavy (non-hydrogen) atoms. The number of carbonyl (C=O) groups excluding carboxylic acids is 4. The van der Waals surface area contributed by atoms with E-state index < -0.39 is 24.3 Å². The molecule has 6 aromatic rings. The molecule has 6 heterocycles. The Morgan fingerprint density at radius 3 is 1.43 bits per heavy atom. The Morgan fingerprint density at radius 1 is 0.633 bits per heavy atom. The second-order valence-corrected chi connectivity index (χ2v) is 16.3. The first-order valence-electron chi connectivity index (χ1n) is 20.5. The van der Waals surface area contributed by atoms with E-state index in [1.165, 1.54) is 14.2 Å². The van der Waals surface area contributed by atoms with Gasteiger partial charge in [-0.15, -0.1) is 0 Å². The van der Waals surface area contributed by atoms with E-state index in [4.69, 9.17) is 19.4 Å². The van der Waals surface area contributed by atoms with Crippen LogP contribution in [0.3, 0.4) is 0 Å². The van der Waals surface area contributed by atoms with Crippen molar-refractivity contribution < 1.29 is 28.7 Å². The number of ether oxygens (including phenoxy) is 2. The van der Waals surface area contributed by atoms with E-state index in [1.54, 1.807) is 9.80 Å². The molecule has 2 fully saturated rings. The maximum absolute atomic E-state index is 13.6. The van der Waals surface area contributed by atoms with Crippen LogP contribution in [0.15, 0.2) is 60.9 Å². The number of amides is 4. The number of hydrogen-bond acceptors (Lipinski definition) is 10. The fourth-order valence-electron chi connectivity index (χ4n) is 8.46. The van der Waals surface area contributed by atoms with Crippen LogP contribution in [-0.2, 0) is 19.1 Å². The molecule has 4 aromatic heterocycles. The molecule has 0 unspecified atom stereocenters. The van der Waals surface area contributed by atoms with Gasteiger partial charge in [-0.05, 0) is 83.7 Å². The predicted molar refractivity (Wildman–Crippen MR) is 225 cm³/mol. The van der Waals surface area contributed by atoms with Gasteiger partial charge in [-0.2, -0.15) is 0 Å². The smallest absolute Gasteiger partial charge is 0.407 e. The normalized spacial score (nSPS) is 17.8. The lowest BCUT2D eigenvalue weighted by Crippen LogP contribution is -2.51. The van der Waals surface area contributed by atoms with Gasteiger partial charge in [-0.3, -0.25) is 9.59 Å². The predicted octanol–water partition coefficient (Wildman–Crippen LogP) is 6.80. The molecule has 0 saturated carbocycles. The molecule has 2 aliphatic rings. The summed E-state index contributed by atoms with van der Waals surface area (Å²) >= 11 is 0. The van der Waals surface area contributed by atoms with Gasteiger partial charge in [0.25, 0.3) is 0 Å². The van der Waals surface area contributed by atoms with Crippen molar-refractivity contribution in [1.29, 1.82) is 0 Å². The van der Waals surface area contributed by atoms with Crippen LogP contribution in [0.5, 0.6) is 0 Å². The molecule has 16 nitrogen and oxygen atoms in total. The third-order valence-electron chi connectivity index (χ3n) is 11.7. The highest BCUT2D eigenvalue weighted by molar-refractivity contribution is 5.93. The maximum atomic E-state index is 13.6. The Balaban J connectivity index is 0.993. The zero-order valence-corrected chi connectivity index (χ0v) is 34.6. The summed E-state index contributed by atoms with van der Waals surface area (Å²) in [7, 11) is 2.57. The number of H-pyrrole nitrogens is 2. The molecule has 2 saturated heterocycles. The van der Waals surface area contributed by atoms with Crippen molar-refractivity contribution in [2.45, 2.75) is 77.5 Å². The molecule has 4 amide bonds. The fourth-order valence-corrected chi connectivity index (χ4v) is 8.46. The van der Waals surface area contributed by atoms with Gasteiger partial charge in [0.1, 0.15) is 23.7 Å². The fraction of sp³-hybridized carbons (Fsp3) is 0.409. The van der Waals surface area contributed by atoms with Gasteiger partial charge in [0, 0.05) is 36.6 Å². The van der Waals surface area contributed by atoms with Crippen molar-refractivity contribution in [2.24, 2.45) is 11.8 Å². The standard InChI is InChI=1S/C44H50N10O6/c1-23(2)35(49-43(57)59-5)41(55)53-15-7-9-33(53)39-47-31-19-29(21-45-37(31)51-39)27-13-11-26-18-28(14-12-25(26)17-27)30-20-32-38(46-22-30)52-40(48-32)34-10-8-16-54(34)42(56)36(24(3)4)50-44(58)60-6/h11-14,17-24,33-36H,7-10,15-16H2,1-6H3,(H,49,57)(H,50,58)(H,45,47,51)(H,46,48,52)/t33-,34+,35-,36-/m0/s1. The molecule has 0 aliphatic carbocycles. The molecule has 4 N–H and O–H groups in total. The van der Waals surface area contributed by atoms with Gasteiger partial charge < -0.3 is 39.9 Å². The number of carbonyl (C=O) groups is 4. The molecular weight excluding hydrogens is 765 g/mol. The summed E-state index contributed by atoms with van der Waals surface area (Å²) in [4.78, 5) is 80.7. The lowest BCUT2D eigenvalue weighted by Gasteiger charge is -2.29. The number of benzene rings is 2. The Labute approximate surface area is 346 Å². The van der Waals surface area contributed by atoms with Crippen LogP contribution in [-0.4, -0.2) is 103 Å². The average Bonchev–Trinajstić information content (AvgIpc) is 4.08. The number of imidazole rings is 2. The number of pyridine rings is 2. The van der Waals surface area contributed by atoms with Crippen molar-refractivity contribution in [2.75, 3.05) is 27.3 Å². The number of alkyl carbamates (subject to hydrolysis) is 2. The third-order valence-corrected chi connectivity index (χ3v) is 11.7. The minimum Gasteiger partial charge on any atom is -0.453 e. The number of fused-ring (bicyclic) bond motifs is 3. The third kappa shape index (κ3) is 7.80. The van der Waals surface area contributed by atoms with Crippen molar-refractivity contribution in [1.82, 2.24) is 50.3 Å². The number of methoxy groups -OCH3 is 2. The van der Waals surface area contributed by atoms with Crippen LogP contribution in [0.1, 0.15) is 77.1 Å². The number of hydrogen-bond donors (Lipinski definition) is 4. The Kier molecular flexibility index (Phi) is 11.1. The van der Waals surface area contributed by atoms with Crippen molar-refractivity contribution in [3.63, 3.8) is 0 Å². The summed E-state index contributed by atoms with van der Waals surface area (Å²) in [5.41, 5.74) is 6.55. The Bertz CT molecular complexity index is 2420. The first kappa shape index (κ1) is 40.2. The second kappa shape index (κ2) is 16.6. The molecular formula is C44H50N10O6. The number of likely N-dealkylation sites (tertiary alicyclic amines) is 2. The van der Waals surface area contributed by atoms with E-state index in [9.17, 15) is 19.2 Å². The van der Waals surface area contributed by atoms with Crippen molar-refractivity contribution >= 4 is 57.1 Å². The molecule has 8 rings (SSSR count). The Morgan fingerprint density at radius 2 is 1.05 bits per heavy atom. The van der Waals surface area contributed by atoms with Crippen molar-refractivity contribution in [3.05, 3.63) is 72.6 Å². The highest BCUT2D eigenvalue weighted by Gasteiger charge is 2.39. The minimum atomic E-state index is -0.710. The highest BCUT2D eigenvalue weighted by atomic mass is 16.5. The van der Waals surface area contributed by atoms with Crippen LogP contribution >= 0.6 is 0 Å². The van der Waals surface area contributed by atoms with E-state index in [2.05, 4.69) is 67.0 Å². The largest absolute Gasteiger partial charge is 0.453 e. The summed E-state index contributed by atoms with van der Waals surface area (Å²) in [5.74, 6) is 0.779. The van der Waals surface area contributed by atoms with Gasteiger partial charge in [0.2, 0.25) is 11.8 Å². The van der Waals surface area contributed by atoms with Gasteiger partial charge in [-0.25, -0.2) is 29.5 Å². The molecule has 16 heteroatoms. The zero-order chi connectivity index (χ0) is 42.2. The van der Waals surface area contributed by atoms with Crippen LogP contribution in [0.25, 0.3) is 55.4 Å². The molecule has 0 bridgehead atoms. The lowest BCUT2D eigenvalue weighted by molar-refractivity contribution is -0.136. The van der Waals surface area contributed by atoms with E-state index in [-0.39, 0.29) is 35.7 Å². The van der Waals surface area contributed by atoms with E-state index >= 15 is 0 Å². The van der Waals surface area contributed by atoms with Crippen LogP contribution in [0.4, 0.5) is 9.59 Å². The molecule has 2 aromatic carbocycles. The van der Waals surface area contributed by atoms with Crippen LogP contribution in [0.2, 0.25) is 0 Å². The molecule has 0 radical (unpaired) electrons. The summed E-state index contributed by atoms with van der Waals surface area (Å²) in [6.07, 6.45) is 5.51. The number of rotatable bonds is 10. The van der Waals surface area contributed by atoms with Crippen LogP contribution < -0.4 is 10.6 Å². The molecule has 312 valence electrons. The van der Waals surface area contributed by atoms with Crippen LogP contribution in [0, 0.1) is 11.8 Å². The number of aromatic amines is 2. The summed E-state index contributed by atoms with van der Waals surface area (Å²) in [6.45, 7) is 8.72. The van der Waals surface area contributed by atoms with E-state index in [0.717, 1.165) is 69.7 Å². The number of aromatic nitrogens is 6. The molecule has 2 aliphatic heterocycles. The van der Waals surface area contributed by atoms with Gasteiger partial charge >= 0.3 is 12.2 Å². The lowest BCUT2D eigenvalue weighted by atomic mass is 9.99. The Hall–Kier alpha value is -6.58. The summed E-state index contributed by atoms with van der Waals surface area (Å²) in [6, 6.07) is 14.7. The second-order valence-electron chi connectivity index (χ2n) is 16.3. The molecule has 4 atom stereocenters. The average molecular weight is 815 g/mol. The molecule has 0 spiro atoms. The van der Waals surface area contributed by atoms with Gasteiger partial charge in [0.15, 0.2) is 11.3 Å². The first-order chi connectivity index (χ1) is 28.9. The highest BCUT2D eigenvalue weighted by Crippen LogP contribution is 2.36. The topological polar surface area (TPSA) is 200 Å².